The number of hydrogen-bond acceptors (Lipinski definition) is 5. The number of para-hydroxylation sites is 1. The van der Waals surface area contributed by atoms with Crippen LogP contribution in [0, 0.1) is 0 Å². The number of benzene rings is 1. The van der Waals surface area contributed by atoms with Crippen molar-refractivity contribution in [2.24, 2.45) is 0 Å². The molecule has 6 nitrogen and oxygen atoms in total. The van der Waals surface area contributed by atoms with Gasteiger partial charge < -0.3 is 20.1 Å². The first-order valence-corrected chi connectivity index (χ1v) is 6.60. The Morgan fingerprint density at radius 2 is 2.25 bits per heavy atom. The molecule has 1 aromatic rings. The van der Waals surface area contributed by atoms with Gasteiger partial charge in [0.15, 0.2) is 0 Å². The lowest BCUT2D eigenvalue weighted by Crippen LogP contribution is -2.49. The summed E-state index contributed by atoms with van der Waals surface area (Å²) in [6.07, 6.45) is 0. The molecule has 0 aromatic heterocycles. The highest BCUT2D eigenvalue weighted by Crippen LogP contribution is 2.16. The molecular weight excluding hydrogens is 260 g/mol. The summed E-state index contributed by atoms with van der Waals surface area (Å²) in [5.41, 5.74) is 0.794. The van der Waals surface area contributed by atoms with Crippen LogP contribution in [-0.2, 0) is 14.3 Å². The maximum absolute atomic E-state index is 12.1. The molecule has 2 rings (SSSR count). The van der Waals surface area contributed by atoms with E-state index < -0.39 is 12.0 Å². The van der Waals surface area contributed by atoms with Crippen LogP contribution in [0.3, 0.4) is 0 Å². The van der Waals surface area contributed by atoms with E-state index in [9.17, 15) is 9.59 Å². The summed E-state index contributed by atoms with van der Waals surface area (Å²) < 4.78 is 10.2. The van der Waals surface area contributed by atoms with Gasteiger partial charge in [0.2, 0.25) is 5.91 Å². The van der Waals surface area contributed by atoms with Gasteiger partial charge in [0.1, 0.15) is 6.04 Å². The first kappa shape index (κ1) is 14.5. The van der Waals surface area contributed by atoms with Crippen molar-refractivity contribution in [3.8, 4) is 0 Å². The number of carbonyl (C=O) groups excluding carboxylic acids is 2. The lowest BCUT2D eigenvalue weighted by Gasteiger charge is -2.23. The fourth-order valence-electron chi connectivity index (χ4n) is 1.93. The molecule has 0 saturated carbocycles. The van der Waals surface area contributed by atoms with Crippen LogP contribution in [0.15, 0.2) is 24.3 Å². The van der Waals surface area contributed by atoms with Crippen LogP contribution < -0.4 is 10.6 Å². The Bertz CT molecular complexity index is 484. The molecule has 1 heterocycles. The predicted molar refractivity (Wildman–Crippen MR) is 73.6 cm³/mol. The van der Waals surface area contributed by atoms with Crippen LogP contribution in [0.5, 0.6) is 0 Å². The van der Waals surface area contributed by atoms with Crippen molar-refractivity contribution < 1.29 is 19.1 Å². The molecule has 0 spiro atoms. The van der Waals surface area contributed by atoms with Crippen LogP contribution >= 0.6 is 0 Å². The lowest BCUT2D eigenvalue weighted by molar-refractivity contribution is -0.120. The van der Waals surface area contributed by atoms with E-state index in [-0.39, 0.29) is 5.91 Å². The zero-order chi connectivity index (χ0) is 14.4. The highest BCUT2D eigenvalue weighted by atomic mass is 16.5. The van der Waals surface area contributed by atoms with Crippen LogP contribution in [0.2, 0.25) is 0 Å². The molecular formula is C14H18N2O4. The van der Waals surface area contributed by atoms with Gasteiger partial charge in [-0.2, -0.15) is 0 Å². The van der Waals surface area contributed by atoms with Gasteiger partial charge in [0, 0.05) is 6.54 Å². The molecule has 0 radical (unpaired) electrons. The van der Waals surface area contributed by atoms with E-state index in [0.29, 0.717) is 37.6 Å². The molecule has 1 atom stereocenters. The Morgan fingerprint density at radius 1 is 1.45 bits per heavy atom. The maximum Gasteiger partial charge on any atom is 0.340 e. The Hall–Kier alpha value is -1.92. The normalized spacial score (nSPS) is 18.4. The van der Waals surface area contributed by atoms with Gasteiger partial charge in [-0.15, -0.1) is 0 Å². The van der Waals surface area contributed by atoms with Crippen molar-refractivity contribution in [1.29, 1.82) is 0 Å². The third-order valence-electron chi connectivity index (χ3n) is 2.92. The topological polar surface area (TPSA) is 76.7 Å². The van der Waals surface area contributed by atoms with E-state index in [4.69, 9.17) is 9.47 Å². The molecule has 1 aliphatic heterocycles. The minimum atomic E-state index is -0.448. The Balaban J connectivity index is 2.08. The number of morpholine rings is 1. The first-order valence-electron chi connectivity index (χ1n) is 6.60. The average Bonchev–Trinajstić information content (AvgIpc) is 2.49. The Kier molecular flexibility index (Phi) is 5.09. The van der Waals surface area contributed by atoms with Crippen molar-refractivity contribution in [3.63, 3.8) is 0 Å². The molecule has 6 heteroatoms. The summed E-state index contributed by atoms with van der Waals surface area (Å²) >= 11 is 0. The van der Waals surface area contributed by atoms with Gasteiger partial charge in [-0.3, -0.25) is 4.79 Å². The number of ether oxygens (including phenoxy) is 2. The summed E-state index contributed by atoms with van der Waals surface area (Å²) in [6.45, 7) is 3.59. The van der Waals surface area contributed by atoms with Crippen molar-refractivity contribution >= 4 is 17.6 Å². The van der Waals surface area contributed by atoms with E-state index in [1.54, 1.807) is 31.2 Å². The number of anilines is 1. The minimum Gasteiger partial charge on any atom is -0.462 e. The zero-order valence-electron chi connectivity index (χ0n) is 11.3. The lowest BCUT2D eigenvalue weighted by atomic mass is 10.1. The van der Waals surface area contributed by atoms with Crippen molar-refractivity contribution in [2.45, 2.75) is 13.0 Å². The number of rotatable bonds is 4. The van der Waals surface area contributed by atoms with Crippen molar-refractivity contribution in [3.05, 3.63) is 29.8 Å². The zero-order valence-corrected chi connectivity index (χ0v) is 11.3. The van der Waals surface area contributed by atoms with Crippen LogP contribution in [0.1, 0.15) is 17.3 Å². The van der Waals surface area contributed by atoms with Crippen LogP contribution in [0.4, 0.5) is 5.69 Å². The van der Waals surface area contributed by atoms with Crippen molar-refractivity contribution in [1.82, 2.24) is 5.32 Å². The third-order valence-corrected chi connectivity index (χ3v) is 2.92. The number of carbonyl (C=O) groups is 2. The van der Waals surface area contributed by atoms with E-state index in [1.807, 2.05) is 0 Å². The van der Waals surface area contributed by atoms with E-state index in [2.05, 4.69) is 10.6 Å². The van der Waals surface area contributed by atoms with E-state index >= 15 is 0 Å². The largest absolute Gasteiger partial charge is 0.462 e. The van der Waals surface area contributed by atoms with Gasteiger partial charge in [0.05, 0.1) is 31.1 Å². The molecule has 2 N–H and O–H groups in total. The van der Waals surface area contributed by atoms with E-state index in [0.717, 1.165) is 0 Å². The van der Waals surface area contributed by atoms with Crippen LogP contribution in [0.25, 0.3) is 0 Å². The van der Waals surface area contributed by atoms with Gasteiger partial charge in [-0.05, 0) is 19.1 Å². The second kappa shape index (κ2) is 7.02. The Labute approximate surface area is 117 Å². The van der Waals surface area contributed by atoms with Gasteiger partial charge in [0.25, 0.3) is 0 Å². The summed E-state index contributed by atoms with van der Waals surface area (Å²) in [5.74, 6) is -0.669. The second-order valence-corrected chi connectivity index (χ2v) is 4.34. The molecule has 20 heavy (non-hydrogen) atoms. The monoisotopic (exact) mass is 278 g/mol. The maximum atomic E-state index is 12.1. The predicted octanol–water partition coefficient (Wildman–Crippen LogP) is 0.790. The SMILES string of the molecule is CCOC(=O)c1ccccc1NC(=O)C1COCCN1. The summed E-state index contributed by atoms with van der Waals surface area (Å²) in [4.78, 5) is 23.9. The molecule has 108 valence electrons. The molecule has 0 bridgehead atoms. The molecule has 1 amide bonds. The smallest absolute Gasteiger partial charge is 0.340 e. The number of nitrogens with one attached hydrogen (secondary N) is 2. The quantitative estimate of drug-likeness (QED) is 0.796. The molecule has 1 unspecified atom stereocenters. The molecule has 1 aliphatic rings. The minimum absolute atomic E-state index is 0.221. The van der Waals surface area contributed by atoms with Crippen molar-refractivity contribution in [2.75, 3.05) is 31.7 Å². The van der Waals surface area contributed by atoms with Gasteiger partial charge in [-0.25, -0.2) is 4.79 Å². The second-order valence-electron chi connectivity index (χ2n) is 4.34. The summed E-state index contributed by atoms with van der Waals surface area (Å²) in [6, 6.07) is 6.37. The van der Waals surface area contributed by atoms with E-state index in [1.165, 1.54) is 0 Å². The number of amides is 1. The van der Waals surface area contributed by atoms with Gasteiger partial charge >= 0.3 is 5.97 Å². The molecule has 1 aromatic carbocycles. The molecule has 0 aliphatic carbocycles. The number of esters is 1. The molecule has 1 saturated heterocycles. The highest BCUT2D eigenvalue weighted by molar-refractivity contribution is 6.02. The standard InChI is InChI=1S/C14H18N2O4/c1-2-20-14(18)10-5-3-4-6-11(10)16-13(17)12-9-19-8-7-15-12/h3-6,12,15H,2,7-9H2,1H3,(H,16,17). The highest BCUT2D eigenvalue weighted by Gasteiger charge is 2.22. The summed E-state index contributed by atoms with van der Waals surface area (Å²) in [7, 11) is 0. The average molecular weight is 278 g/mol. The fraction of sp³-hybridized carbons (Fsp3) is 0.429. The molecule has 1 fully saturated rings. The van der Waals surface area contributed by atoms with Crippen LogP contribution in [-0.4, -0.2) is 44.3 Å². The first-order chi connectivity index (χ1) is 9.72. The Morgan fingerprint density at radius 3 is 2.95 bits per heavy atom. The summed E-state index contributed by atoms with van der Waals surface area (Å²) in [5, 5.41) is 5.80. The fourth-order valence-corrected chi connectivity index (χ4v) is 1.93. The van der Waals surface area contributed by atoms with Gasteiger partial charge in [-0.1, -0.05) is 12.1 Å². The number of hydrogen-bond donors (Lipinski definition) is 2. The third kappa shape index (κ3) is 3.55.